The van der Waals surface area contributed by atoms with Crippen molar-refractivity contribution in [3.8, 4) is 5.75 Å². The van der Waals surface area contributed by atoms with Gasteiger partial charge in [-0.25, -0.2) is 0 Å². The molecule has 3 nitrogen and oxygen atoms in total. The van der Waals surface area contributed by atoms with E-state index < -0.39 is 0 Å². The number of aryl methyl sites for hydroxylation is 1. The van der Waals surface area contributed by atoms with Gasteiger partial charge in [0.2, 0.25) is 0 Å². The lowest BCUT2D eigenvalue weighted by atomic mass is 9.96. The summed E-state index contributed by atoms with van der Waals surface area (Å²) in [5, 5.41) is 3.45. The van der Waals surface area contributed by atoms with Gasteiger partial charge in [-0.05, 0) is 63.7 Å². The van der Waals surface area contributed by atoms with Crippen LogP contribution in [0.2, 0.25) is 0 Å². The SMILES string of the molecule is Cc1ccc(OC2CCN(CC3CCNCC3)CC2)cc1. The fourth-order valence-corrected chi connectivity index (χ4v) is 3.45. The lowest BCUT2D eigenvalue weighted by molar-refractivity contribution is 0.0873. The number of piperidine rings is 2. The Hall–Kier alpha value is -1.06. The zero-order valence-electron chi connectivity index (χ0n) is 13.2. The molecule has 2 aliphatic heterocycles. The standard InChI is InChI=1S/C18H28N2O/c1-15-2-4-17(5-3-15)21-18-8-12-20(13-9-18)14-16-6-10-19-11-7-16/h2-5,16,18-19H,6-14H2,1H3. The monoisotopic (exact) mass is 288 g/mol. The van der Waals surface area contributed by atoms with Crippen LogP contribution < -0.4 is 10.1 Å². The van der Waals surface area contributed by atoms with Gasteiger partial charge >= 0.3 is 0 Å². The third-order valence-electron chi connectivity index (χ3n) is 4.83. The van der Waals surface area contributed by atoms with Gasteiger partial charge in [0, 0.05) is 19.6 Å². The second-order valence-corrected chi connectivity index (χ2v) is 6.62. The zero-order chi connectivity index (χ0) is 14.5. The van der Waals surface area contributed by atoms with Crippen molar-refractivity contribution in [3.63, 3.8) is 0 Å². The number of hydrogen-bond donors (Lipinski definition) is 1. The molecule has 0 saturated carbocycles. The predicted octanol–water partition coefficient (Wildman–Crippen LogP) is 2.84. The van der Waals surface area contributed by atoms with Crippen LogP contribution in [-0.4, -0.2) is 43.7 Å². The highest BCUT2D eigenvalue weighted by atomic mass is 16.5. The summed E-state index contributed by atoms with van der Waals surface area (Å²) >= 11 is 0. The summed E-state index contributed by atoms with van der Waals surface area (Å²) in [4.78, 5) is 2.64. The average molecular weight is 288 g/mol. The smallest absolute Gasteiger partial charge is 0.119 e. The van der Waals surface area contributed by atoms with Crippen molar-refractivity contribution in [2.45, 2.75) is 38.7 Å². The number of ether oxygens (including phenoxy) is 1. The van der Waals surface area contributed by atoms with Crippen LogP contribution in [0, 0.1) is 12.8 Å². The minimum atomic E-state index is 0.400. The quantitative estimate of drug-likeness (QED) is 0.922. The Labute approximate surface area is 128 Å². The van der Waals surface area contributed by atoms with Crippen LogP contribution in [-0.2, 0) is 0 Å². The van der Waals surface area contributed by atoms with Gasteiger partial charge in [0.05, 0.1) is 0 Å². The van der Waals surface area contributed by atoms with E-state index in [4.69, 9.17) is 4.74 Å². The van der Waals surface area contributed by atoms with E-state index in [-0.39, 0.29) is 0 Å². The molecule has 21 heavy (non-hydrogen) atoms. The molecule has 1 aromatic rings. The second-order valence-electron chi connectivity index (χ2n) is 6.62. The van der Waals surface area contributed by atoms with Gasteiger partial charge in [-0.15, -0.1) is 0 Å². The first-order valence-corrected chi connectivity index (χ1v) is 8.46. The van der Waals surface area contributed by atoms with Gasteiger partial charge < -0.3 is 15.0 Å². The number of rotatable bonds is 4. The van der Waals surface area contributed by atoms with Crippen LogP contribution in [0.1, 0.15) is 31.2 Å². The lowest BCUT2D eigenvalue weighted by Crippen LogP contribution is -2.42. The van der Waals surface area contributed by atoms with E-state index >= 15 is 0 Å². The number of nitrogens with one attached hydrogen (secondary N) is 1. The number of likely N-dealkylation sites (tertiary alicyclic amines) is 1. The Morgan fingerprint density at radius 1 is 1.05 bits per heavy atom. The Kier molecular flexibility index (Phi) is 5.15. The summed E-state index contributed by atoms with van der Waals surface area (Å²) in [6.45, 7) is 8.21. The van der Waals surface area contributed by atoms with Crippen molar-refractivity contribution >= 4 is 0 Å². The van der Waals surface area contributed by atoms with E-state index in [0.29, 0.717) is 6.10 Å². The van der Waals surface area contributed by atoms with E-state index in [1.807, 2.05) is 0 Å². The molecule has 0 aliphatic carbocycles. The minimum Gasteiger partial charge on any atom is -0.490 e. The molecule has 0 amide bonds. The van der Waals surface area contributed by atoms with Crippen molar-refractivity contribution in [1.29, 1.82) is 0 Å². The third-order valence-corrected chi connectivity index (χ3v) is 4.83. The summed E-state index contributed by atoms with van der Waals surface area (Å²) in [5.41, 5.74) is 1.29. The number of benzene rings is 1. The Balaban J connectivity index is 1.41. The normalized spacial score (nSPS) is 22.3. The molecule has 0 unspecified atom stereocenters. The summed E-state index contributed by atoms with van der Waals surface area (Å²) in [7, 11) is 0. The van der Waals surface area contributed by atoms with Crippen molar-refractivity contribution < 1.29 is 4.74 Å². The second kappa shape index (κ2) is 7.28. The molecule has 0 radical (unpaired) electrons. The first kappa shape index (κ1) is 14.9. The molecule has 0 spiro atoms. The van der Waals surface area contributed by atoms with Gasteiger partial charge in [-0.3, -0.25) is 0 Å². The highest BCUT2D eigenvalue weighted by Gasteiger charge is 2.23. The largest absolute Gasteiger partial charge is 0.490 e. The molecule has 0 atom stereocenters. The van der Waals surface area contributed by atoms with E-state index in [0.717, 1.165) is 11.7 Å². The van der Waals surface area contributed by atoms with Crippen molar-refractivity contribution in [2.24, 2.45) is 5.92 Å². The molecule has 1 N–H and O–H groups in total. The van der Waals surface area contributed by atoms with E-state index in [2.05, 4.69) is 41.4 Å². The average Bonchev–Trinajstić information content (AvgIpc) is 2.53. The first-order valence-electron chi connectivity index (χ1n) is 8.46. The summed E-state index contributed by atoms with van der Waals surface area (Å²) in [6.07, 6.45) is 5.43. The maximum Gasteiger partial charge on any atom is 0.119 e. The summed E-state index contributed by atoms with van der Waals surface area (Å²) in [6, 6.07) is 8.44. The molecule has 0 aromatic heterocycles. The van der Waals surface area contributed by atoms with E-state index in [1.165, 1.54) is 64.0 Å². The molecule has 0 bridgehead atoms. The van der Waals surface area contributed by atoms with Gasteiger partial charge in [0.15, 0.2) is 0 Å². The van der Waals surface area contributed by atoms with E-state index in [1.54, 1.807) is 0 Å². The molecule has 2 fully saturated rings. The Morgan fingerprint density at radius 3 is 2.38 bits per heavy atom. The predicted molar refractivity (Wildman–Crippen MR) is 86.9 cm³/mol. The third kappa shape index (κ3) is 4.45. The topological polar surface area (TPSA) is 24.5 Å². The maximum absolute atomic E-state index is 6.11. The molecule has 2 saturated heterocycles. The van der Waals surface area contributed by atoms with Gasteiger partial charge in [0.25, 0.3) is 0 Å². The summed E-state index contributed by atoms with van der Waals surface area (Å²) in [5.74, 6) is 1.93. The molecule has 2 aliphatic rings. The number of hydrogen-bond acceptors (Lipinski definition) is 3. The Bertz CT molecular complexity index is 417. The lowest BCUT2D eigenvalue weighted by Gasteiger charge is -2.35. The first-order chi connectivity index (χ1) is 10.3. The van der Waals surface area contributed by atoms with Gasteiger partial charge in [0.1, 0.15) is 11.9 Å². The highest BCUT2D eigenvalue weighted by molar-refractivity contribution is 5.26. The van der Waals surface area contributed by atoms with Gasteiger partial charge in [-0.2, -0.15) is 0 Å². The molecule has 3 rings (SSSR count). The van der Waals surface area contributed by atoms with Gasteiger partial charge in [-0.1, -0.05) is 17.7 Å². The highest BCUT2D eigenvalue weighted by Crippen LogP contribution is 2.21. The molecule has 2 heterocycles. The van der Waals surface area contributed by atoms with Crippen molar-refractivity contribution in [2.75, 3.05) is 32.7 Å². The molecule has 116 valence electrons. The van der Waals surface area contributed by atoms with Crippen LogP contribution in [0.5, 0.6) is 5.75 Å². The zero-order valence-corrected chi connectivity index (χ0v) is 13.2. The molecule has 3 heteroatoms. The van der Waals surface area contributed by atoms with Crippen LogP contribution in [0.25, 0.3) is 0 Å². The van der Waals surface area contributed by atoms with Crippen LogP contribution >= 0.6 is 0 Å². The fraction of sp³-hybridized carbons (Fsp3) is 0.667. The fourth-order valence-electron chi connectivity index (χ4n) is 3.45. The van der Waals surface area contributed by atoms with Crippen LogP contribution in [0.4, 0.5) is 0 Å². The molecule has 1 aromatic carbocycles. The Morgan fingerprint density at radius 2 is 1.71 bits per heavy atom. The van der Waals surface area contributed by atoms with Crippen LogP contribution in [0.15, 0.2) is 24.3 Å². The molecular weight excluding hydrogens is 260 g/mol. The van der Waals surface area contributed by atoms with Crippen molar-refractivity contribution in [1.82, 2.24) is 10.2 Å². The minimum absolute atomic E-state index is 0.400. The van der Waals surface area contributed by atoms with Crippen LogP contribution in [0.3, 0.4) is 0 Å². The van der Waals surface area contributed by atoms with Crippen molar-refractivity contribution in [3.05, 3.63) is 29.8 Å². The maximum atomic E-state index is 6.11. The number of nitrogens with zero attached hydrogens (tertiary/aromatic N) is 1. The van der Waals surface area contributed by atoms with E-state index in [9.17, 15) is 0 Å². The molecular formula is C18H28N2O. The summed E-state index contributed by atoms with van der Waals surface area (Å²) < 4.78 is 6.11.